The Bertz CT molecular complexity index is 2010. The van der Waals surface area contributed by atoms with Crippen molar-refractivity contribution >= 4 is 55.4 Å². The van der Waals surface area contributed by atoms with Crippen molar-refractivity contribution in [2.24, 2.45) is 0 Å². The van der Waals surface area contributed by atoms with Crippen LogP contribution in [0.5, 0.6) is 0 Å². The first kappa shape index (κ1) is 28.7. The molecule has 2 N–H and O–H groups in total. The van der Waals surface area contributed by atoms with Crippen molar-refractivity contribution in [3.63, 3.8) is 0 Å². The molecule has 10 nitrogen and oxygen atoms in total. The summed E-state index contributed by atoms with van der Waals surface area (Å²) in [6.45, 7) is 6.71. The fourth-order valence-corrected chi connectivity index (χ4v) is 8.38. The van der Waals surface area contributed by atoms with Crippen molar-refractivity contribution in [3.8, 4) is 0 Å². The molecule has 8 rings (SSSR count). The van der Waals surface area contributed by atoms with Crippen LogP contribution in [0.1, 0.15) is 59.7 Å². The highest BCUT2D eigenvalue weighted by Crippen LogP contribution is 2.54. The predicted octanol–water partition coefficient (Wildman–Crippen LogP) is 4.44. The minimum Gasteiger partial charge on any atom is -0.394 e. The van der Waals surface area contributed by atoms with Crippen molar-refractivity contribution in [3.05, 3.63) is 59.7 Å². The molecule has 0 saturated carbocycles. The molecule has 2 aromatic heterocycles. The normalized spacial score (nSPS) is 24.3. The van der Waals surface area contributed by atoms with Gasteiger partial charge in [-0.25, -0.2) is 0 Å². The summed E-state index contributed by atoms with van der Waals surface area (Å²) in [5.41, 5.74) is 4.13. The molecule has 234 valence electrons. The van der Waals surface area contributed by atoms with Crippen LogP contribution in [0, 0.1) is 0 Å². The van der Waals surface area contributed by atoms with Crippen LogP contribution < -0.4 is 0 Å². The number of aliphatic hydroxyl groups is 2. The van der Waals surface area contributed by atoms with Gasteiger partial charge in [0.25, 0.3) is 11.8 Å². The number of benzene rings is 3. The average Bonchev–Trinajstić information content (AvgIpc) is 3.65. The van der Waals surface area contributed by atoms with Gasteiger partial charge in [0, 0.05) is 47.3 Å². The Morgan fingerprint density at radius 3 is 1.96 bits per heavy atom. The van der Waals surface area contributed by atoms with Gasteiger partial charge in [0.1, 0.15) is 24.4 Å². The smallest absolute Gasteiger partial charge is 0.262 e. The van der Waals surface area contributed by atoms with Crippen LogP contribution in [0.2, 0.25) is 0 Å². The number of ether oxygens (including phenoxy) is 2. The number of hydrogen-bond acceptors (Lipinski definition) is 7. The lowest BCUT2D eigenvalue weighted by Crippen LogP contribution is -2.55. The molecule has 5 heterocycles. The molecule has 1 fully saturated rings. The van der Waals surface area contributed by atoms with E-state index >= 15 is 0 Å². The quantitative estimate of drug-likeness (QED) is 0.238. The molecule has 3 aliphatic heterocycles. The maximum Gasteiger partial charge on any atom is 0.262 e. The summed E-state index contributed by atoms with van der Waals surface area (Å²) in [5, 5.41) is 25.4. The largest absolute Gasteiger partial charge is 0.394 e. The first-order chi connectivity index (χ1) is 22.0. The SMILES string of the molecule is CCCN(CCC)CCN1C(=O)c2c(c3c4ccccc4n4c3c3c2c2ccccc2n3[C@H]2[C@@H](O)[C@H](OC)[C@@H](CO)O[C@H]24)C1=O. The Labute approximate surface area is 260 Å². The van der Waals surface area contributed by atoms with Crippen molar-refractivity contribution < 1.29 is 29.3 Å². The second kappa shape index (κ2) is 10.6. The highest BCUT2D eigenvalue weighted by molar-refractivity contribution is 6.39. The topological polar surface area (TPSA) is 109 Å². The molecule has 45 heavy (non-hydrogen) atoms. The fraction of sp³-hybridized carbons (Fsp3) is 0.429. The number of aliphatic hydroxyl groups excluding tert-OH is 2. The molecular formula is C35H38N4O6. The summed E-state index contributed by atoms with van der Waals surface area (Å²) in [6, 6.07) is 15.1. The highest BCUT2D eigenvalue weighted by Gasteiger charge is 2.52. The van der Waals surface area contributed by atoms with E-state index in [2.05, 4.69) is 27.9 Å². The third-order valence-corrected chi connectivity index (χ3v) is 10.1. The van der Waals surface area contributed by atoms with Crippen LogP contribution in [0.15, 0.2) is 48.5 Å². The van der Waals surface area contributed by atoms with E-state index in [1.54, 1.807) is 0 Å². The van der Waals surface area contributed by atoms with Crippen molar-refractivity contribution in [1.29, 1.82) is 0 Å². The van der Waals surface area contributed by atoms with E-state index < -0.39 is 30.6 Å². The van der Waals surface area contributed by atoms with Crippen molar-refractivity contribution in [2.45, 2.75) is 57.3 Å². The Morgan fingerprint density at radius 1 is 0.844 bits per heavy atom. The molecule has 10 heteroatoms. The number of para-hydroxylation sites is 2. The molecule has 5 atom stereocenters. The zero-order valence-electron chi connectivity index (χ0n) is 25.8. The van der Waals surface area contributed by atoms with Crippen LogP contribution >= 0.6 is 0 Å². The van der Waals surface area contributed by atoms with E-state index in [0.29, 0.717) is 24.2 Å². The molecule has 0 aliphatic carbocycles. The lowest BCUT2D eigenvalue weighted by Gasteiger charge is -2.47. The van der Waals surface area contributed by atoms with Crippen LogP contribution in [0.25, 0.3) is 43.6 Å². The summed E-state index contributed by atoms with van der Waals surface area (Å²) < 4.78 is 16.5. The van der Waals surface area contributed by atoms with Gasteiger partial charge in [-0.15, -0.1) is 0 Å². The van der Waals surface area contributed by atoms with Gasteiger partial charge in [-0.05, 0) is 38.1 Å². The number of hydrogen-bond donors (Lipinski definition) is 2. The Balaban J connectivity index is 1.45. The van der Waals surface area contributed by atoms with Gasteiger partial charge >= 0.3 is 0 Å². The highest BCUT2D eigenvalue weighted by atomic mass is 16.6. The number of aromatic nitrogens is 2. The number of methoxy groups -OCH3 is 1. The van der Waals surface area contributed by atoms with Gasteiger partial charge in [-0.3, -0.25) is 14.5 Å². The van der Waals surface area contributed by atoms with Crippen LogP contribution in [0.4, 0.5) is 0 Å². The van der Waals surface area contributed by atoms with E-state index in [4.69, 9.17) is 9.47 Å². The van der Waals surface area contributed by atoms with Gasteiger partial charge in [0.05, 0.1) is 34.3 Å². The van der Waals surface area contributed by atoms with Gasteiger partial charge in [0.2, 0.25) is 0 Å². The van der Waals surface area contributed by atoms with E-state index in [9.17, 15) is 19.8 Å². The molecule has 0 bridgehead atoms. The zero-order chi connectivity index (χ0) is 31.1. The number of rotatable bonds is 9. The molecule has 0 spiro atoms. The van der Waals surface area contributed by atoms with E-state index in [1.165, 1.54) is 12.0 Å². The lowest BCUT2D eigenvalue weighted by molar-refractivity contribution is -0.231. The molecular weight excluding hydrogens is 572 g/mol. The Hall–Kier alpha value is -3.80. The molecule has 3 aliphatic rings. The fourth-order valence-electron chi connectivity index (χ4n) is 8.38. The number of imide groups is 1. The summed E-state index contributed by atoms with van der Waals surface area (Å²) in [7, 11) is 1.51. The van der Waals surface area contributed by atoms with Gasteiger partial charge in [-0.2, -0.15) is 0 Å². The number of carbonyl (C=O) groups excluding carboxylic acids is 2. The number of amides is 2. The van der Waals surface area contributed by atoms with Crippen LogP contribution in [-0.2, 0) is 9.47 Å². The summed E-state index contributed by atoms with van der Waals surface area (Å²) in [6.07, 6.45) is -1.26. The first-order valence-electron chi connectivity index (χ1n) is 16.0. The van der Waals surface area contributed by atoms with Gasteiger partial charge in [-0.1, -0.05) is 50.2 Å². The summed E-state index contributed by atoms with van der Waals surface area (Å²) >= 11 is 0. The summed E-state index contributed by atoms with van der Waals surface area (Å²) in [4.78, 5) is 32.7. The maximum absolute atomic E-state index is 14.5. The minimum atomic E-state index is -1.03. The van der Waals surface area contributed by atoms with Crippen LogP contribution in [-0.4, -0.2) is 99.2 Å². The van der Waals surface area contributed by atoms with Crippen molar-refractivity contribution in [1.82, 2.24) is 18.9 Å². The van der Waals surface area contributed by atoms with Crippen molar-refractivity contribution in [2.75, 3.05) is 39.9 Å². The molecule has 1 saturated heterocycles. The Morgan fingerprint density at radius 2 is 1.40 bits per heavy atom. The number of nitrogens with zero attached hydrogens (tertiary/aromatic N) is 4. The van der Waals surface area contributed by atoms with E-state index in [-0.39, 0.29) is 18.4 Å². The molecule has 5 aromatic rings. The number of fused-ring (bicyclic) bond motifs is 12. The zero-order valence-corrected chi connectivity index (χ0v) is 25.8. The molecule has 3 aromatic carbocycles. The first-order valence-corrected chi connectivity index (χ1v) is 16.0. The van der Waals surface area contributed by atoms with Crippen LogP contribution in [0.3, 0.4) is 0 Å². The number of carbonyl (C=O) groups is 2. The van der Waals surface area contributed by atoms with Gasteiger partial charge < -0.3 is 33.7 Å². The summed E-state index contributed by atoms with van der Waals surface area (Å²) in [5.74, 6) is -0.550. The van der Waals surface area contributed by atoms with Gasteiger partial charge in [0.15, 0.2) is 6.23 Å². The second-order valence-corrected chi connectivity index (χ2v) is 12.5. The molecule has 0 radical (unpaired) electrons. The second-order valence-electron chi connectivity index (χ2n) is 12.5. The standard InChI is InChI=1S/C35H38N4O6/c1-4-14-36(15-5-2)16-17-37-33(42)26-24-19-10-6-8-12-21(19)38-28(24)29-25(27(26)34(37)43)20-11-7-9-13-22(20)39(29)35-30(38)31(41)32(44-3)23(18-40)45-35/h6-13,23,30-32,35,40-41H,4-5,14-18H2,1-3H3/t23-,30+,31-,32-,35-/m1/s1. The Kier molecular flexibility index (Phi) is 6.78. The maximum atomic E-state index is 14.5. The van der Waals surface area contributed by atoms with E-state index in [1.807, 2.05) is 48.5 Å². The molecule has 0 unspecified atom stereocenters. The lowest BCUT2D eigenvalue weighted by atomic mass is 9.93. The minimum absolute atomic E-state index is 0.274. The average molecular weight is 611 g/mol. The third-order valence-electron chi connectivity index (χ3n) is 10.1. The monoisotopic (exact) mass is 610 g/mol. The predicted molar refractivity (Wildman–Crippen MR) is 172 cm³/mol. The molecule has 2 amide bonds. The van der Waals surface area contributed by atoms with E-state index in [0.717, 1.165) is 69.5 Å². The third kappa shape index (κ3) is 3.74.